The monoisotopic (exact) mass is 1070 g/mol. The largest absolute Gasteiger partial charge is 0.493 e. The highest BCUT2D eigenvalue weighted by Gasteiger charge is 2.13. The first kappa shape index (κ1) is 70.1. The molecule has 0 heterocycles. The van der Waals surface area contributed by atoms with E-state index in [0.29, 0.717) is 36.1 Å². The number of methoxy groups -OCH3 is 4. The minimum Gasteiger partial charge on any atom is -0.493 e. The summed E-state index contributed by atoms with van der Waals surface area (Å²) in [5.41, 5.74) is 1.65. The number of aliphatic hydroxyl groups excluding tert-OH is 2. The molecular formula is C44H70N4O22S2. The van der Waals surface area contributed by atoms with Gasteiger partial charge in [-0.3, -0.25) is 0 Å². The molecule has 0 aromatic heterocycles. The summed E-state index contributed by atoms with van der Waals surface area (Å²) in [6.45, 7) is 7.16. The first-order chi connectivity index (χ1) is 34.1. The summed E-state index contributed by atoms with van der Waals surface area (Å²) in [6, 6.07) is 11.1. The van der Waals surface area contributed by atoms with Crippen molar-refractivity contribution in [1.29, 1.82) is 0 Å². The number of carboxylic acids is 8. The number of rotatable bonds is 31. The minimum atomic E-state index is -1.82. The molecule has 72 heavy (non-hydrogen) atoms. The van der Waals surface area contributed by atoms with Crippen molar-refractivity contribution >= 4 is 69.3 Å². The molecule has 2 atom stereocenters. The highest BCUT2D eigenvalue weighted by atomic mass is 33.1. The lowest BCUT2D eigenvalue weighted by Crippen LogP contribution is -2.22. The second kappa shape index (κ2) is 46.0. The van der Waals surface area contributed by atoms with Gasteiger partial charge in [-0.2, -0.15) is 0 Å². The van der Waals surface area contributed by atoms with E-state index in [2.05, 4.69) is 21.3 Å². The molecular weight excluding hydrogens is 1000 g/mol. The van der Waals surface area contributed by atoms with Crippen LogP contribution in [0.15, 0.2) is 36.4 Å². The van der Waals surface area contributed by atoms with Gasteiger partial charge in [-0.25, -0.2) is 38.4 Å². The average molecular weight is 1070 g/mol. The van der Waals surface area contributed by atoms with Crippen molar-refractivity contribution in [3.8, 4) is 23.0 Å². The standard InChI is InChI=1S/C36H62N4O6S2.4C2H2O4/c1-43-33-15-13-29(25-35(33)45-3)31(41)27-39-19-11-7-5-9-17-37-21-23-47-48-24-22-38-18-10-6-8-12-20-40-28-32(42)30-14-16-34(44-2)36(26-30)46-4;4*3-1(4)2(5)6/h13-16,25-26,31-32,37-42H,5-12,17-24,27-28H2,1-4H3;4*(H,3,4)(H,5,6). The Kier molecular flexibility index (Phi) is 44.8. The number of aliphatic hydroxyl groups is 2. The van der Waals surface area contributed by atoms with Crippen LogP contribution in [0.25, 0.3) is 0 Å². The summed E-state index contributed by atoms with van der Waals surface area (Å²) >= 11 is 0. The lowest BCUT2D eigenvalue weighted by molar-refractivity contribution is -0.159. The maximum atomic E-state index is 10.4. The molecule has 0 bridgehead atoms. The number of ether oxygens (including phenoxy) is 4. The second-order valence-electron chi connectivity index (χ2n) is 14.1. The summed E-state index contributed by atoms with van der Waals surface area (Å²) < 4.78 is 21.2. The molecule has 0 amide bonds. The van der Waals surface area contributed by atoms with Crippen molar-refractivity contribution in [3.05, 3.63) is 47.5 Å². The third-order valence-corrected chi connectivity index (χ3v) is 11.1. The van der Waals surface area contributed by atoms with Crippen molar-refractivity contribution in [2.24, 2.45) is 0 Å². The third-order valence-electron chi connectivity index (χ3n) is 8.71. The average Bonchev–Trinajstić information content (AvgIpc) is 3.35. The number of hydrogen-bond donors (Lipinski definition) is 14. The smallest absolute Gasteiger partial charge is 0.414 e. The number of nitrogens with one attached hydrogen (secondary N) is 4. The van der Waals surface area contributed by atoms with Crippen LogP contribution in [0.3, 0.4) is 0 Å². The topological polar surface area (TPSA) is 424 Å². The highest BCUT2D eigenvalue weighted by molar-refractivity contribution is 8.76. The number of carbonyl (C=O) groups is 8. The maximum absolute atomic E-state index is 10.4. The highest BCUT2D eigenvalue weighted by Crippen LogP contribution is 2.31. The van der Waals surface area contributed by atoms with Crippen LogP contribution in [0.2, 0.25) is 0 Å². The molecule has 2 aromatic rings. The molecule has 0 radical (unpaired) electrons. The Morgan fingerprint density at radius 2 is 0.639 bits per heavy atom. The zero-order valence-electron chi connectivity index (χ0n) is 40.5. The van der Waals surface area contributed by atoms with Crippen LogP contribution in [0.1, 0.15) is 74.7 Å². The van der Waals surface area contributed by atoms with Gasteiger partial charge in [-0.05, 0) is 87.3 Å². The Labute approximate surface area is 424 Å². The van der Waals surface area contributed by atoms with E-state index < -0.39 is 60.0 Å². The van der Waals surface area contributed by atoms with Gasteiger partial charge in [0.1, 0.15) is 0 Å². The lowest BCUT2D eigenvalue weighted by Gasteiger charge is -2.15. The van der Waals surface area contributed by atoms with E-state index in [4.69, 9.17) is 98.2 Å². The van der Waals surface area contributed by atoms with Crippen LogP contribution in [-0.4, -0.2) is 191 Å². The van der Waals surface area contributed by atoms with E-state index in [-0.39, 0.29) is 0 Å². The Balaban J connectivity index is -0.00000162. The van der Waals surface area contributed by atoms with Gasteiger partial charge < -0.3 is 91.3 Å². The summed E-state index contributed by atoms with van der Waals surface area (Å²) in [4.78, 5) is 72.8. The molecule has 0 aliphatic carbocycles. The van der Waals surface area contributed by atoms with Crippen LogP contribution in [-0.2, 0) is 38.4 Å². The van der Waals surface area contributed by atoms with Crippen LogP contribution < -0.4 is 40.2 Å². The Bertz CT molecular complexity index is 1650. The maximum Gasteiger partial charge on any atom is 0.414 e. The van der Waals surface area contributed by atoms with Crippen LogP contribution in [0, 0.1) is 0 Å². The molecule has 14 N–H and O–H groups in total. The number of benzene rings is 2. The quantitative estimate of drug-likeness (QED) is 0.0291. The molecule has 2 aromatic carbocycles. The number of hydrogen-bond acceptors (Lipinski definition) is 20. The third kappa shape index (κ3) is 40.6. The summed E-state index contributed by atoms with van der Waals surface area (Å²) in [5.74, 6) is -9.72. The van der Waals surface area contributed by atoms with E-state index in [0.717, 1.165) is 74.7 Å². The zero-order chi connectivity index (χ0) is 55.3. The molecule has 0 aliphatic heterocycles. The number of carboxylic acid groups (broad SMARTS) is 8. The summed E-state index contributed by atoms with van der Waals surface area (Å²) in [5, 5.41) is 93.9. The van der Waals surface area contributed by atoms with Crippen molar-refractivity contribution < 1.29 is 108 Å². The van der Waals surface area contributed by atoms with Gasteiger partial charge in [0, 0.05) is 37.7 Å². The lowest BCUT2D eigenvalue weighted by atomic mass is 10.1. The van der Waals surface area contributed by atoms with Crippen molar-refractivity contribution in [2.75, 3.05) is 92.3 Å². The van der Waals surface area contributed by atoms with E-state index >= 15 is 0 Å². The van der Waals surface area contributed by atoms with Crippen LogP contribution in [0.4, 0.5) is 0 Å². The fraction of sp³-hybridized carbons (Fsp3) is 0.545. The van der Waals surface area contributed by atoms with Crippen molar-refractivity contribution in [3.63, 3.8) is 0 Å². The summed E-state index contributed by atoms with van der Waals surface area (Å²) in [6.07, 6.45) is 8.36. The first-order valence-electron chi connectivity index (χ1n) is 21.8. The minimum absolute atomic E-state index is 0.528. The molecule has 0 aliphatic rings. The van der Waals surface area contributed by atoms with Gasteiger partial charge >= 0.3 is 47.8 Å². The Morgan fingerprint density at radius 1 is 0.389 bits per heavy atom. The molecule has 0 fully saturated rings. The van der Waals surface area contributed by atoms with Gasteiger partial charge in [0.25, 0.3) is 0 Å². The van der Waals surface area contributed by atoms with E-state index in [9.17, 15) is 10.2 Å². The molecule has 0 saturated carbocycles. The number of aliphatic carboxylic acids is 8. The first-order valence-corrected chi connectivity index (χ1v) is 24.3. The number of unbranched alkanes of at least 4 members (excludes halogenated alkanes) is 6. The van der Waals surface area contributed by atoms with Gasteiger partial charge in [0.2, 0.25) is 0 Å². The molecule has 28 heteroatoms. The van der Waals surface area contributed by atoms with Crippen LogP contribution >= 0.6 is 21.6 Å². The normalized spacial score (nSPS) is 10.8. The predicted octanol–water partition coefficient (Wildman–Crippen LogP) is 1.97. The van der Waals surface area contributed by atoms with Gasteiger partial charge in [0.15, 0.2) is 23.0 Å². The zero-order valence-corrected chi connectivity index (χ0v) is 42.2. The van der Waals surface area contributed by atoms with Gasteiger partial charge in [-0.1, -0.05) is 59.4 Å². The SMILES string of the molecule is COc1ccc(C(O)CNCCCCCCNCCSSCCNCCCCCCNCC(O)c2ccc(OC)c(OC)c2)cc1OC.O=C(O)C(=O)O.O=C(O)C(=O)O.O=C(O)C(=O)O.O=C(O)C(=O)O. The molecule has 0 spiro atoms. The second-order valence-corrected chi connectivity index (χ2v) is 16.8. The van der Waals surface area contributed by atoms with Gasteiger partial charge in [-0.15, -0.1) is 0 Å². The van der Waals surface area contributed by atoms with E-state index in [1.54, 1.807) is 28.4 Å². The molecule has 2 rings (SSSR count). The predicted molar refractivity (Wildman–Crippen MR) is 263 cm³/mol. The van der Waals surface area contributed by atoms with Gasteiger partial charge in [0.05, 0.1) is 40.6 Å². The fourth-order valence-electron chi connectivity index (χ4n) is 5.14. The Hall–Kier alpha value is -6.14. The molecule has 2 unspecified atom stereocenters. The van der Waals surface area contributed by atoms with Crippen molar-refractivity contribution in [1.82, 2.24) is 21.3 Å². The van der Waals surface area contributed by atoms with Crippen LogP contribution in [0.5, 0.6) is 23.0 Å². The molecule has 26 nitrogen and oxygen atoms in total. The Morgan fingerprint density at radius 3 is 0.875 bits per heavy atom. The van der Waals surface area contributed by atoms with E-state index in [1.807, 2.05) is 58.0 Å². The van der Waals surface area contributed by atoms with E-state index in [1.165, 1.54) is 38.5 Å². The summed E-state index contributed by atoms with van der Waals surface area (Å²) in [7, 11) is 10.3. The molecule has 0 saturated heterocycles. The van der Waals surface area contributed by atoms with Crippen molar-refractivity contribution in [2.45, 2.75) is 63.6 Å². The molecule has 410 valence electrons. The fourth-order valence-corrected chi connectivity index (χ4v) is 7.03.